The van der Waals surface area contributed by atoms with Gasteiger partial charge in [-0.2, -0.15) is 0 Å². The lowest BCUT2D eigenvalue weighted by Gasteiger charge is -2.11. The second kappa shape index (κ2) is 7.55. The van der Waals surface area contributed by atoms with Crippen LogP contribution in [0.5, 0.6) is 5.75 Å². The van der Waals surface area contributed by atoms with E-state index in [1.54, 1.807) is 24.3 Å². The van der Waals surface area contributed by atoms with Crippen LogP contribution in [0.1, 0.15) is 17.6 Å². The van der Waals surface area contributed by atoms with Gasteiger partial charge in [0, 0.05) is 24.1 Å². The van der Waals surface area contributed by atoms with Crippen LogP contribution in [0.25, 0.3) is 6.08 Å². The van der Waals surface area contributed by atoms with E-state index in [1.165, 1.54) is 31.4 Å². The highest BCUT2D eigenvalue weighted by Gasteiger charge is 2.08. The Balaban J connectivity index is 2.12. The van der Waals surface area contributed by atoms with Gasteiger partial charge in [-0.1, -0.05) is 0 Å². The van der Waals surface area contributed by atoms with Gasteiger partial charge >= 0.3 is 0 Å². The second-order valence-corrected chi connectivity index (χ2v) is 5.77. The lowest BCUT2D eigenvalue weighted by atomic mass is 10.2. The summed E-state index contributed by atoms with van der Waals surface area (Å²) in [7, 11) is 1.51. The van der Waals surface area contributed by atoms with Crippen LogP contribution in [0, 0.1) is 6.92 Å². The molecule has 0 aliphatic carbocycles. The Hall–Kier alpha value is -2.67. The number of methoxy groups -OCH3 is 1. The molecule has 0 aliphatic heterocycles. The maximum atomic E-state index is 12.0. The molecule has 0 fully saturated rings. The van der Waals surface area contributed by atoms with Crippen LogP contribution in [0.4, 0.5) is 11.4 Å². The molecular weight excluding hydrogens is 314 g/mol. The van der Waals surface area contributed by atoms with Crippen molar-refractivity contribution in [1.82, 2.24) is 4.98 Å². The highest BCUT2D eigenvalue weighted by Crippen LogP contribution is 2.27. The first kappa shape index (κ1) is 16.7. The first-order valence-corrected chi connectivity index (χ1v) is 7.72. The lowest BCUT2D eigenvalue weighted by Crippen LogP contribution is -2.10. The second-order valence-electron chi connectivity index (χ2n) is 4.71. The number of rotatable bonds is 5. The number of carbonyl (C=O) groups is 2. The fourth-order valence-electron chi connectivity index (χ4n) is 1.88. The topological polar surface area (TPSA) is 80.3 Å². The number of nitrogens with zero attached hydrogens (tertiary/aromatic N) is 1. The lowest BCUT2D eigenvalue weighted by molar-refractivity contribution is -0.114. The van der Waals surface area contributed by atoms with Crippen molar-refractivity contribution in [2.24, 2.45) is 0 Å². The zero-order valence-corrected chi connectivity index (χ0v) is 13.9. The monoisotopic (exact) mass is 331 g/mol. The average Bonchev–Trinajstić information content (AvgIpc) is 2.90. The van der Waals surface area contributed by atoms with E-state index in [9.17, 15) is 9.59 Å². The number of nitrogens with one attached hydrogen (secondary N) is 2. The van der Waals surface area contributed by atoms with Gasteiger partial charge in [-0.3, -0.25) is 9.59 Å². The van der Waals surface area contributed by atoms with E-state index in [0.29, 0.717) is 17.1 Å². The largest absolute Gasteiger partial charge is 0.495 e. The molecule has 2 aromatic rings. The van der Waals surface area contributed by atoms with Crippen molar-refractivity contribution in [2.75, 3.05) is 17.7 Å². The molecule has 2 N–H and O–H groups in total. The van der Waals surface area contributed by atoms with Crippen LogP contribution in [0.2, 0.25) is 0 Å². The molecule has 120 valence electrons. The minimum Gasteiger partial charge on any atom is -0.495 e. The molecule has 0 unspecified atom stereocenters. The standard InChI is InChI=1S/C16H17N3O3S/c1-10(20)17-12-4-6-15(22-3)14(8-12)19-16(21)7-5-13-9-23-11(2)18-13/h4-9H,1-3H3,(H,17,20)(H,19,21). The first-order chi connectivity index (χ1) is 11.0. The van der Waals surface area contributed by atoms with E-state index in [2.05, 4.69) is 15.6 Å². The molecule has 0 radical (unpaired) electrons. The number of anilines is 2. The third-order valence-corrected chi connectivity index (χ3v) is 3.61. The molecule has 23 heavy (non-hydrogen) atoms. The van der Waals surface area contributed by atoms with E-state index in [0.717, 1.165) is 10.7 Å². The van der Waals surface area contributed by atoms with E-state index in [4.69, 9.17) is 4.74 Å². The number of ether oxygens (including phenoxy) is 1. The smallest absolute Gasteiger partial charge is 0.248 e. The molecule has 0 spiro atoms. The predicted molar refractivity (Wildman–Crippen MR) is 91.8 cm³/mol. The third-order valence-electron chi connectivity index (χ3n) is 2.82. The molecule has 2 amide bonds. The maximum absolute atomic E-state index is 12.0. The van der Waals surface area contributed by atoms with Crippen LogP contribution in [-0.4, -0.2) is 23.9 Å². The number of aromatic nitrogens is 1. The van der Waals surface area contributed by atoms with E-state index < -0.39 is 0 Å². The number of amides is 2. The Morgan fingerprint density at radius 2 is 2.09 bits per heavy atom. The van der Waals surface area contributed by atoms with Gasteiger partial charge in [-0.15, -0.1) is 11.3 Å². The number of hydrogen-bond donors (Lipinski definition) is 2. The number of hydrogen-bond acceptors (Lipinski definition) is 5. The SMILES string of the molecule is COc1ccc(NC(C)=O)cc1NC(=O)C=Cc1csc(C)n1. The predicted octanol–water partition coefficient (Wildman–Crippen LogP) is 3.07. The van der Waals surface area contributed by atoms with E-state index in [-0.39, 0.29) is 11.8 Å². The van der Waals surface area contributed by atoms with Crippen molar-refractivity contribution in [1.29, 1.82) is 0 Å². The highest BCUT2D eigenvalue weighted by molar-refractivity contribution is 7.09. The van der Waals surface area contributed by atoms with Gasteiger partial charge in [0.2, 0.25) is 11.8 Å². The molecule has 0 bridgehead atoms. The fraction of sp³-hybridized carbons (Fsp3) is 0.188. The molecule has 0 saturated heterocycles. The van der Waals surface area contributed by atoms with Crippen LogP contribution in [0.15, 0.2) is 29.7 Å². The van der Waals surface area contributed by atoms with Crippen molar-refractivity contribution in [2.45, 2.75) is 13.8 Å². The van der Waals surface area contributed by atoms with Crippen molar-refractivity contribution in [3.05, 3.63) is 40.4 Å². The number of benzene rings is 1. The van der Waals surface area contributed by atoms with Gasteiger partial charge in [-0.25, -0.2) is 4.98 Å². The Morgan fingerprint density at radius 1 is 1.30 bits per heavy atom. The van der Waals surface area contributed by atoms with E-state index in [1.807, 2.05) is 12.3 Å². The average molecular weight is 331 g/mol. The zero-order valence-electron chi connectivity index (χ0n) is 13.0. The quantitative estimate of drug-likeness (QED) is 0.825. The van der Waals surface area contributed by atoms with Crippen molar-refractivity contribution in [3.8, 4) is 5.75 Å². The van der Waals surface area contributed by atoms with Gasteiger partial charge in [0.25, 0.3) is 0 Å². The number of aryl methyl sites for hydroxylation is 1. The molecule has 0 atom stereocenters. The molecule has 1 heterocycles. The number of thiazole rings is 1. The molecular formula is C16H17N3O3S. The highest BCUT2D eigenvalue weighted by atomic mass is 32.1. The van der Waals surface area contributed by atoms with Crippen LogP contribution in [-0.2, 0) is 9.59 Å². The summed E-state index contributed by atoms with van der Waals surface area (Å²) in [6.45, 7) is 3.32. The molecule has 7 heteroatoms. The summed E-state index contributed by atoms with van der Waals surface area (Å²) in [6.07, 6.45) is 3.04. The summed E-state index contributed by atoms with van der Waals surface area (Å²) in [5.74, 6) is 0.00511. The maximum Gasteiger partial charge on any atom is 0.248 e. The van der Waals surface area contributed by atoms with Gasteiger partial charge in [-0.05, 0) is 31.2 Å². The molecule has 6 nitrogen and oxygen atoms in total. The molecule has 2 rings (SSSR count). The molecule has 0 saturated carbocycles. The van der Waals surface area contributed by atoms with Gasteiger partial charge < -0.3 is 15.4 Å². The van der Waals surface area contributed by atoms with Crippen molar-refractivity contribution < 1.29 is 14.3 Å². The summed E-state index contributed by atoms with van der Waals surface area (Å²) in [6, 6.07) is 5.01. The van der Waals surface area contributed by atoms with Gasteiger partial charge in [0.1, 0.15) is 5.75 Å². The summed E-state index contributed by atoms with van der Waals surface area (Å²) < 4.78 is 5.21. The minimum absolute atomic E-state index is 0.189. The van der Waals surface area contributed by atoms with Crippen LogP contribution in [0.3, 0.4) is 0 Å². The summed E-state index contributed by atoms with van der Waals surface area (Å²) in [5, 5.41) is 8.20. The molecule has 1 aromatic carbocycles. The third kappa shape index (κ3) is 4.93. The Labute approximate surface area is 138 Å². The summed E-state index contributed by atoms with van der Waals surface area (Å²) >= 11 is 1.52. The molecule has 1 aromatic heterocycles. The Bertz CT molecular complexity index is 753. The van der Waals surface area contributed by atoms with Gasteiger partial charge in [0.05, 0.1) is 23.5 Å². The number of carbonyl (C=O) groups excluding carboxylic acids is 2. The minimum atomic E-state index is -0.311. The van der Waals surface area contributed by atoms with Gasteiger partial charge in [0.15, 0.2) is 0 Å². The van der Waals surface area contributed by atoms with Crippen molar-refractivity contribution >= 4 is 40.6 Å². The van der Waals surface area contributed by atoms with E-state index >= 15 is 0 Å². The Kier molecular flexibility index (Phi) is 5.48. The first-order valence-electron chi connectivity index (χ1n) is 6.85. The zero-order chi connectivity index (χ0) is 16.8. The van der Waals surface area contributed by atoms with Crippen LogP contribution < -0.4 is 15.4 Å². The fourth-order valence-corrected chi connectivity index (χ4v) is 2.46. The van der Waals surface area contributed by atoms with Crippen molar-refractivity contribution in [3.63, 3.8) is 0 Å². The summed E-state index contributed by atoms with van der Waals surface area (Å²) in [5.41, 5.74) is 1.79. The van der Waals surface area contributed by atoms with Crippen LogP contribution >= 0.6 is 11.3 Å². The Morgan fingerprint density at radius 3 is 2.70 bits per heavy atom. The summed E-state index contributed by atoms with van der Waals surface area (Å²) in [4.78, 5) is 27.4. The molecule has 0 aliphatic rings. The normalized spacial score (nSPS) is 10.6.